The Labute approximate surface area is 134 Å². The Morgan fingerprint density at radius 1 is 1.24 bits per heavy atom. The minimum absolute atomic E-state index is 0.163. The lowest BCUT2D eigenvalue weighted by Crippen LogP contribution is -2.22. The molecule has 1 aromatic carbocycles. The number of aliphatic carboxylic acids is 1. The van der Waals surface area contributed by atoms with E-state index in [1.54, 1.807) is 35.6 Å². The van der Waals surface area contributed by atoms with E-state index in [9.17, 15) is 9.59 Å². The Bertz CT molecular complexity index is 676. The van der Waals surface area contributed by atoms with E-state index in [1.165, 1.54) is 6.08 Å². The van der Waals surface area contributed by atoms with Gasteiger partial charge in [0, 0.05) is 21.0 Å². The number of nitrogens with one attached hydrogen (secondary N) is 1. The molecule has 1 aromatic heterocycles. The van der Waals surface area contributed by atoms with Crippen LogP contribution in [0.3, 0.4) is 0 Å². The maximum absolute atomic E-state index is 12.0. The first-order valence-corrected chi connectivity index (χ1v) is 7.74. The number of carbonyl (C=O) groups is 2. The van der Waals surface area contributed by atoms with Crippen LogP contribution in [0.15, 0.2) is 46.3 Å². The van der Waals surface area contributed by atoms with E-state index >= 15 is 0 Å². The first-order chi connectivity index (χ1) is 10.1. The van der Waals surface area contributed by atoms with Crippen LogP contribution in [0.5, 0.6) is 0 Å². The molecule has 0 fully saturated rings. The third-order valence-electron chi connectivity index (χ3n) is 2.69. The molecule has 1 heterocycles. The molecule has 2 aromatic rings. The number of carboxylic acids is 1. The van der Waals surface area contributed by atoms with Gasteiger partial charge in [0.25, 0.3) is 5.91 Å². The zero-order chi connectivity index (χ0) is 15.2. The summed E-state index contributed by atoms with van der Waals surface area (Å²) in [6.45, 7) is 0.470. The van der Waals surface area contributed by atoms with Gasteiger partial charge in [0.1, 0.15) is 0 Å². The van der Waals surface area contributed by atoms with Crippen molar-refractivity contribution in [1.82, 2.24) is 5.32 Å². The molecule has 21 heavy (non-hydrogen) atoms. The van der Waals surface area contributed by atoms with Gasteiger partial charge in [-0.1, -0.05) is 12.1 Å². The second-order valence-corrected chi connectivity index (χ2v) is 6.02. The SMILES string of the molecule is O=C(O)/C=C/c1ccc(C(=O)NCc2sccc2Br)cc1. The van der Waals surface area contributed by atoms with E-state index in [0.717, 1.165) is 21.0 Å². The molecule has 4 nitrogen and oxygen atoms in total. The minimum Gasteiger partial charge on any atom is -0.478 e. The monoisotopic (exact) mass is 365 g/mol. The summed E-state index contributed by atoms with van der Waals surface area (Å²) in [5.41, 5.74) is 1.27. The van der Waals surface area contributed by atoms with E-state index in [2.05, 4.69) is 21.2 Å². The van der Waals surface area contributed by atoms with E-state index in [-0.39, 0.29) is 5.91 Å². The predicted molar refractivity (Wildman–Crippen MR) is 86.3 cm³/mol. The summed E-state index contributed by atoms with van der Waals surface area (Å²) < 4.78 is 0.988. The van der Waals surface area contributed by atoms with Crippen molar-refractivity contribution in [2.75, 3.05) is 0 Å². The molecule has 0 saturated heterocycles. The summed E-state index contributed by atoms with van der Waals surface area (Å²) in [5.74, 6) is -1.16. The number of rotatable bonds is 5. The number of thiophene rings is 1. The third-order valence-corrected chi connectivity index (χ3v) is 4.62. The molecular formula is C15H12BrNO3S. The summed E-state index contributed by atoms with van der Waals surface area (Å²) >= 11 is 4.99. The fourth-order valence-electron chi connectivity index (χ4n) is 1.63. The van der Waals surface area contributed by atoms with Gasteiger partial charge in [0.2, 0.25) is 0 Å². The van der Waals surface area contributed by atoms with Crippen LogP contribution in [-0.2, 0) is 11.3 Å². The molecule has 0 atom stereocenters. The van der Waals surface area contributed by atoms with Gasteiger partial charge in [-0.05, 0) is 51.1 Å². The molecule has 6 heteroatoms. The Kier molecular flexibility index (Phi) is 5.30. The molecule has 0 aliphatic carbocycles. The smallest absolute Gasteiger partial charge is 0.328 e. The zero-order valence-corrected chi connectivity index (χ0v) is 13.3. The van der Waals surface area contributed by atoms with Gasteiger partial charge in [0.05, 0.1) is 6.54 Å². The highest BCUT2D eigenvalue weighted by molar-refractivity contribution is 9.10. The van der Waals surface area contributed by atoms with Crippen molar-refractivity contribution in [1.29, 1.82) is 0 Å². The van der Waals surface area contributed by atoms with Crippen LogP contribution >= 0.6 is 27.3 Å². The van der Waals surface area contributed by atoms with Crippen LogP contribution in [-0.4, -0.2) is 17.0 Å². The second-order valence-electron chi connectivity index (χ2n) is 4.17. The van der Waals surface area contributed by atoms with Crippen molar-refractivity contribution in [2.24, 2.45) is 0 Å². The van der Waals surface area contributed by atoms with Gasteiger partial charge in [-0.15, -0.1) is 11.3 Å². The molecule has 2 N–H and O–H groups in total. The number of hydrogen-bond acceptors (Lipinski definition) is 3. The lowest BCUT2D eigenvalue weighted by molar-refractivity contribution is -0.131. The van der Waals surface area contributed by atoms with E-state index in [0.29, 0.717) is 12.1 Å². The van der Waals surface area contributed by atoms with E-state index in [4.69, 9.17) is 5.11 Å². The Hall–Kier alpha value is -1.92. The summed E-state index contributed by atoms with van der Waals surface area (Å²) in [6, 6.07) is 8.68. The molecule has 0 aliphatic heterocycles. The molecule has 0 bridgehead atoms. The van der Waals surface area contributed by atoms with Gasteiger partial charge in [-0.3, -0.25) is 4.79 Å². The van der Waals surface area contributed by atoms with Crippen LogP contribution in [0, 0.1) is 0 Å². The Balaban J connectivity index is 1.97. The summed E-state index contributed by atoms with van der Waals surface area (Å²) in [5, 5.41) is 13.3. The molecule has 0 saturated carbocycles. The number of benzene rings is 1. The third kappa shape index (κ3) is 4.54. The first kappa shape index (κ1) is 15.5. The van der Waals surface area contributed by atoms with Crippen molar-refractivity contribution in [3.8, 4) is 0 Å². The summed E-state index contributed by atoms with van der Waals surface area (Å²) in [4.78, 5) is 23.5. The normalized spacial score (nSPS) is 10.7. The van der Waals surface area contributed by atoms with Gasteiger partial charge in [0.15, 0.2) is 0 Å². The Morgan fingerprint density at radius 3 is 2.52 bits per heavy atom. The zero-order valence-electron chi connectivity index (χ0n) is 10.9. The van der Waals surface area contributed by atoms with Crippen molar-refractivity contribution in [3.05, 3.63) is 62.3 Å². The molecule has 1 amide bonds. The lowest BCUT2D eigenvalue weighted by Gasteiger charge is -2.04. The number of hydrogen-bond donors (Lipinski definition) is 2. The molecule has 108 valence electrons. The predicted octanol–water partition coefficient (Wildman–Crippen LogP) is 3.54. The number of carboxylic acid groups (broad SMARTS) is 1. The lowest BCUT2D eigenvalue weighted by atomic mass is 10.1. The average Bonchev–Trinajstić information content (AvgIpc) is 2.88. The highest BCUT2D eigenvalue weighted by atomic mass is 79.9. The number of amides is 1. The molecular weight excluding hydrogens is 354 g/mol. The van der Waals surface area contributed by atoms with Gasteiger partial charge in [-0.2, -0.15) is 0 Å². The first-order valence-electron chi connectivity index (χ1n) is 6.07. The van der Waals surface area contributed by atoms with E-state index < -0.39 is 5.97 Å². The largest absolute Gasteiger partial charge is 0.478 e. The van der Waals surface area contributed by atoms with Crippen molar-refractivity contribution < 1.29 is 14.7 Å². The van der Waals surface area contributed by atoms with Gasteiger partial charge >= 0.3 is 5.97 Å². The second kappa shape index (κ2) is 7.19. The standard InChI is InChI=1S/C15H12BrNO3S/c16-12-7-8-21-13(12)9-17-15(20)11-4-1-10(2-5-11)3-6-14(18)19/h1-8H,9H2,(H,17,20)(H,18,19)/b6-3+. The quantitative estimate of drug-likeness (QED) is 0.796. The topological polar surface area (TPSA) is 66.4 Å². The summed E-state index contributed by atoms with van der Waals surface area (Å²) in [7, 11) is 0. The van der Waals surface area contributed by atoms with Crippen LogP contribution in [0.25, 0.3) is 6.08 Å². The summed E-state index contributed by atoms with van der Waals surface area (Å²) in [6.07, 6.45) is 2.54. The fourth-order valence-corrected chi connectivity index (χ4v) is 3.06. The minimum atomic E-state index is -1.00. The van der Waals surface area contributed by atoms with Crippen LogP contribution < -0.4 is 5.32 Å². The van der Waals surface area contributed by atoms with Crippen molar-refractivity contribution >= 4 is 45.2 Å². The van der Waals surface area contributed by atoms with Gasteiger partial charge in [-0.25, -0.2) is 4.79 Å². The maximum atomic E-state index is 12.0. The number of halogens is 1. The maximum Gasteiger partial charge on any atom is 0.328 e. The van der Waals surface area contributed by atoms with Crippen LogP contribution in [0.4, 0.5) is 0 Å². The van der Waals surface area contributed by atoms with Crippen LogP contribution in [0.2, 0.25) is 0 Å². The average molecular weight is 366 g/mol. The van der Waals surface area contributed by atoms with Crippen molar-refractivity contribution in [2.45, 2.75) is 6.54 Å². The van der Waals surface area contributed by atoms with Gasteiger partial charge < -0.3 is 10.4 Å². The molecule has 0 unspecified atom stereocenters. The molecule has 0 radical (unpaired) electrons. The Morgan fingerprint density at radius 2 is 1.95 bits per heavy atom. The molecule has 0 aliphatic rings. The van der Waals surface area contributed by atoms with Crippen LogP contribution in [0.1, 0.15) is 20.8 Å². The highest BCUT2D eigenvalue weighted by Crippen LogP contribution is 2.22. The molecule has 2 rings (SSSR count). The number of carbonyl (C=O) groups excluding carboxylic acids is 1. The molecule has 0 spiro atoms. The highest BCUT2D eigenvalue weighted by Gasteiger charge is 2.07. The van der Waals surface area contributed by atoms with E-state index in [1.807, 2.05) is 11.4 Å². The van der Waals surface area contributed by atoms with Crippen molar-refractivity contribution in [3.63, 3.8) is 0 Å². The fraction of sp³-hybridized carbons (Fsp3) is 0.0667.